The molecule has 24 heavy (non-hydrogen) atoms. The van der Waals surface area contributed by atoms with Crippen LogP contribution in [0.5, 0.6) is 0 Å². The lowest BCUT2D eigenvalue weighted by Gasteiger charge is -2.25. The molecular formula is C17H19Cl2N3OS. The number of rotatable bonds is 5. The minimum atomic E-state index is 0.00679. The van der Waals surface area contributed by atoms with Crippen molar-refractivity contribution in [1.82, 2.24) is 9.88 Å². The van der Waals surface area contributed by atoms with Gasteiger partial charge in [-0.3, -0.25) is 9.69 Å². The maximum atomic E-state index is 12.1. The van der Waals surface area contributed by atoms with E-state index in [1.54, 1.807) is 12.3 Å². The minimum absolute atomic E-state index is 0.00679. The van der Waals surface area contributed by atoms with Gasteiger partial charge in [0.2, 0.25) is 5.91 Å². The molecule has 128 valence electrons. The van der Waals surface area contributed by atoms with Gasteiger partial charge in [0.1, 0.15) is 0 Å². The molecule has 1 saturated heterocycles. The zero-order chi connectivity index (χ0) is 16.9. The second kappa shape index (κ2) is 8.30. The highest BCUT2D eigenvalue weighted by Crippen LogP contribution is 2.26. The number of nitrogens with zero attached hydrogens (tertiary/aromatic N) is 2. The fraction of sp³-hybridized carbons (Fsp3) is 0.412. The summed E-state index contributed by atoms with van der Waals surface area (Å²) in [7, 11) is 0. The van der Waals surface area contributed by atoms with E-state index in [1.165, 1.54) is 30.6 Å². The summed E-state index contributed by atoms with van der Waals surface area (Å²) in [5.41, 5.74) is 1.07. The molecule has 0 saturated carbocycles. The van der Waals surface area contributed by atoms with Crippen molar-refractivity contribution in [3.05, 3.63) is 44.9 Å². The number of hydrogen-bond acceptors (Lipinski definition) is 4. The maximum absolute atomic E-state index is 12.1. The number of nitrogens with one attached hydrogen (secondary N) is 1. The predicted octanol–water partition coefficient (Wildman–Crippen LogP) is 4.47. The molecule has 1 aliphatic rings. The van der Waals surface area contributed by atoms with Crippen LogP contribution in [0.4, 0.5) is 5.13 Å². The monoisotopic (exact) mass is 383 g/mol. The zero-order valence-corrected chi connectivity index (χ0v) is 15.6. The van der Waals surface area contributed by atoms with Gasteiger partial charge in [0.15, 0.2) is 5.13 Å². The van der Waals surface area contributed by atoms with E-state index < -0.39 is 0 Å². The summed E-state index contributed by atoms with van der Waals surface area (Å²) in [5, 5.41) is 4.64. The summed E-state index contributed by atoms with van der Waals surface area (Å²) in [6, 6.07) is 5.60. The summed E-state index contributed by atoms with van der Waals surface area (Å²) in [4.78, 5) is 19.7. The van der Waals surface area contributed by atoms with E-state index in [9.17, 15) is 4.79 Å². The molecule has 0 radical (unpaired) electrons. The lowest BCUT2D eigenvalue weighted by molar-refractivity contribution is -0.117. The molecule has 0 spiro atoms. The van der Waals surface area contributed by atoms with Crippen molar-refractivity contribution in [2.75, 3.05) is 25.0 Å². The van der Waals surface area contributed by atoms with Gasteiger partial charge in [-0.25, -0.2) is 4.98 Å². The van der Waals surface area contributed by atoms with Gasteiger partial charge < -0.3 is 5.32 Å². The number of piperidine rings is 1. The number of thiazole rings is 1. The van der Waals surface area contributed by atoms with Gasteiger partial charge in [-0.15, -0.1) is 11.3 Å². The normalized spacial score (nSPS) is 15.4. The quantitative estimate of drug-likeness (QED) is 0.828. The molecule has 1 N–H and O–H groups in total. The molecule has 1 fully saturated rings. The molecule has 1 aliphatic heterocycles. The molecule has 7 heteroatoms. The maximum Gasteiger partial charge on any atom is 0.240 e. The zero-order valence-electron chi connectivity index (χ0n) is 13.2. The van der Waals surface area contributed by atoms with E-state index in [4.69, 9.17) is 23.2 Å². The lowest BCUT2D eigenvalue weighted by Crippen LogP contribution is -2.36. The summed E-state index contributed by atoms with van der Waals surface area (Å²) >= 11 is 13.5. The Labute approximate surface area is 155 Å². The lowest BCUT2D eigenvalue weighted by atomic mass is 10.1. The van der Waals surface area contributed by atoms with Gasteiger partial charge in [0, 0.05) is 17.5 Å². The average molecular weight is 384 g/mol. The van der Waals surface area contributed by atoms with Crippen molar-refractivity contribution in [1.29, 1.82) is 0 Å². The molecular weight excluding hydrogens is 365 g/mol. The van der Waals surface area contributed by atoms with Crippen molar-refractivity contribution in [2.45, 2.75) is 25.7 Å². The van der Waals surface area contributed by atoms with Crippen molar-refractivity contribution in [3.8, 4) is 0 Å². The summed E-state index contributed by atoms with van der Waals surface area (Å²) in [6.45, 7) is 2.46. The van der Waals surface area contributed by atoms with E-state index in [0.29, 0.717) is 21.7 Å². The van der Waals surface area contributed by atoms with Crippen LogP contribution >= 0.6 is 34.5 Å². The van der Waals surface area contributed by atoms with Crippen LogP contribution in [-0.4, -0.2) is 35.4 Å². The van der Waals surface area contributed by atoms with E-state index in [2.05, 4.69) is 15.2 Å². The number of likely N-dealkylation sites (tertiary alicyclic amines) is 1. The first-order valence-corrected chi connectivity index (χ1v) is 9.58. The smallest absolute Gasteiger partial charge is 0.240 e. The number of carbonyl (C=O) groups excluding carboxylic acids is 1. The number of hydrogen-bond donors (Lipinski definition) is 1. The fourth-order valence-corrected chi connectivity index (χ4v) is 3.96. The third kappa shape index (κ3) is 4.93. The van der Waals surface area contributed by atoms with Crippen molar-refractivity contribution < 1.29 is 4.79 Å². The number of anilines is 1. The Morgan fingerprint density at radius 2 is 2.00 bits per heavy atom. The summed E-state index contributed by atoms with van der Waals surface area (Å²) in [5.74, 6) is 0.00679. The highest BCUT2D eigenvalue weighted by atomic mass is 35.5. The van der Waals surface area contributed by atoms with Gasteiger partial charge in [0.25, 0.3) is 0 Å². The molecule has 3 rings (SSSR count). The molecule has 0 aliphatic carbocycles. The van der Waals surface area contributed by atoms with Gasteiger partial charge >= 0.3 is 0 Å². The van der Waals surface area contributed by atoms with Crippen LogP contribution in [0.15, 0.2) is 24.4 Å². The number of carbonyl (C=O) groups is 1. The second-order valence-electron chi connectivity index (χ2n) is 5.94. The molecule has 0 unspecified atom stereocenters. The number of benzene rings is 1. The van der Waals surface area contributed by atoms with E-state index in [1.807, 2.05) is 12.1 Å². The van der Waals surface area contributed by atoms with Crippen LogP contribution in [-0.2, 0) is 11.2 Å². The van der Waals surface area contributed by atoms with Crippen LogP contribution in [0.1, 0.15) is 29.7 Å². The van der Waals surface area contributed by atoms with Crippen LogP contribution < -0.4 is 5.32 Å². The first kappa shape index (κ1) is 17.7. The van der Waals surface area contributed by atoms with Crippen molar-refractivity contribution in [2.24, 2.45) is 0 Å². The van der Waals surface area contributed by atoms with Gasteiger partial charge in [-0.1, -0.05) is 35.7 Å². The van der Waals surface area contributed by atoms with E-state index in [0.717, 1.165) is 30.0 Å². The van der Waals surface area contributed by atoms with Gasteiger partial charge in [0.05, 0.1) is 16.6 Å². The Morgan fingerprint density at radius 1 is 1.21 bits per heavy atom. The second-order valence-corrected chi connectivity index (χ2v) is 7.87. The standard InChI is InChI=1S/C17H19Cl2N3OS/c18-14-5-4-12(9-15(14)19)8-13-10-20-17(24-13)21-16(23)11-22-6-2-1-3-7-22/h4-5,9-10H,1-3,6-8,11H2,(H,20,21,23). The van der Waals surface area contributed by atoms with Crippen molar-refractivity contribution >= 4 is 45.6 Å². The molecule has 1 aromatic heterocycles. The predicted molar refractivity (Wildman–Crippen MR) is 100 cm³/mol. The number of amides is 1. The Bertz CT molecular complexity index is 714. The molecule has 1 aromatic carbocycles. The summed E-state index contributed by atoms with van der Waals surface area (Å²) < 4.78 is 0. The SMILES string of the molecule is O=C(CN1CCCCC1)Nc1ncc(Cc2ccc(Cl)c(Cl)c2)s1. The van der Waals surface area contributed by atoms with Gasteiger partial charge in [-0.2, -0.15) is 0 Å². The molecule has 1 amide bonds. The van der Waals surface area contributed by atoms with Crippen LogP contribution in [0.25, 0.3) is 0 Å². The molecule has 4 nitrogen and oxygen atoms in total. The Balaban J connectivity index is 1.54. The Hall–Kier alpha value is -1.14. The number of aromatic nitrogens is 1. The molecule has 2 heterocycles. The molecule has 0 atom stereocenters. The topological polar surface area (TPSA) is 45.2 Å². The highest BCUT2D eigenvalue weighted by Gasteiger charge is 2.15. The minimum Gasteiger partial charge on any atom is -0.301 e. The first-order valence-electron chi connectivity index (χ1n) is 8.01. The fourth-order valence-electron chi connectivity index (χ4n) is 2.78. The first-order chi connectivity index (χ1) is 11.6. The average Bonchev–Trinajstić information content (AvgIpc) is 2.98. The summed E-state index contributed by atoms with van der Waals surface area (Å²) in [6.07, 6.45) is 6.14. The number of halogens is 2. The van der Waals surface area contributed by atoms with Crippen LogP contribution in [0.3, 0.4) is 0 Å². The van der Waals surface area contributed by atoms with Gasteiger partial charge in [-0.05, 0) is 43.6 Å². The largest absolute Gasteiger partial charge is 0.301 e. The van der Waals surface area contributed by atoms with Crippen LogP contribution in [0.2, 0.25) is 10.0 Å². The Morgan fingerprint density at radius 3 is 2.75 bits per heavy atom. The molecule has 0 bridgehead atoms. The third-order valence-corrected chi connectivity index (χ3v) is 5.63. The van der Waals surface area contributed by atoms with E-state index in [-0.39, 0.29) is 5.91 Å². The Kier molecular flexibility index (Phi) is 6.11. The van der Waals surface area contributed by atoms with E-state index >= 15 is 0 Å². The molecule has 2 aromatic rings. The highest BCUT2D eigenvalue weighted by molar-refractivity contribution is 7.15. The third-order valence-electron chi connectivity index (χ3n) is 3.98. The van der Waals surface area contributed by atoms with Crippen LogP contribution in [0, 0.1) is 0 Å². The van der Waals surface area contributed by atoms with Crippen molar-refractivity contribution in [3.63, 3.8) is 0 Å².